The lowest BCUT2D eigenvalue weighted by Crippen LogP contribution is -2.44. The van der Waals surface area contributed by atoms with E-state index in [-0.39, 0.29) is 11.6 Å². The van der Waals surface area contributed by atoms with Crippen LogP contribution in [0.2, 0.25) is 0 Å². The molecule has 5 rings (SSSR count). The lowest BCUT2D eigenvalue weighted by Gasteiger charge is -2.32. The van der Waals surface area contributed by atoms with Gasteiger partial charge in [-0.2, -0.15) is 0 Å². The van der Waals surface area contributed by atoms with Crippen LogP contribution in [0.5, 0.6) is 0 Å². The molecule has 8 heteroatoms. The summed E-state index contributed by atoms with van der Waals surface area (Å²) in [6.07, 6.45) is 0.784. The van der Waals surface area contributed by atoms with Crippen molar-refractivity contribution in [1.82, 2.24) is 5.32 Å². The first-order valence-corrected chi connectivity index (χ1v) is 10.9. The second kappa shape index (κ2) is 6.82. The summed E-state index contributed by atoms with van der Waals surface area (Å²) in [6.45, 7) is 1.63. The van der Waals surface area contributed by atoms with Gasteiger partial charge < -0.3 is 16.0 Å². The SMILES string of the molecule is Nc1c(N2CCc3ccc(CNC(=O)c4cc5sccc5s4)cc3C2)c(=O)c1=O. The number of hydrogen-bond donors (Lipinski definition) is 2. The summed E-state index contributed by atoms with van der Waals surface area (Å²) >= 11 is 3.13. The van der Waals surface area contributed by atoms with Crippen molar-refractivity contribution in [2.75, 3.05) is 17.2 Å². The summed E-state index contributed by atoms with van der Waals surface area (Å²) in [6, 6.07) is 10.1. The third kappa shape index (κ3) is 3.04. The molecule has 6 nitrogen and oxygen atoms in total. The summed E-state index contributed by atoms with van der Waals surface area (Å²) in [7, 11) is 0. The zero-order valence-corrected chi connectivity index (χ0v) is 17.0. The number of fused-ring (bicyclic) bond motifs is 2. The summed E-state index contributed by atoms with van der Waals surface area (Å²) in [5.74, 6) is -0.0748. The largest absolute Gasteiger partial charge is 0.394 e. The number of benzene rings is 1. The number of hydrogen-bond acceptors (Lipinski definition) is 7. The molecule has 0 spiro atoms. The Hall–Kier alpha value is -2.97. The van der Waals surface area contributed by atoms with Crippen LogP contribution in [0.25, 0.3) is 9.40 Å². The minimum atomic E-state index is -0.587. The first-order chi connectivity index (χ1) is 14.0. The molecule has 0 fully saturated rings. The summed E-state index contributed by atoms with van der Waals surface area (Å²) < 4.78 is 2.26. The maximum absolute atomic E-state index is 12.5. The third-order valence-corrected chi connectivity index (χ3v) is 7.43. The zero-order valence-electron chi connectivity index (χ0n) is 15.4. The topological polar surface area (TPSA) is 92.5 Å². The monoisotopic (exact) mass is 423 g/mol. The Morgan fingerprint density at radius 1 is 1.10 bits per heavy atom. The number of nitrogens with zero attached hydrogens (tertiary/aromatic N) is 1. The number of rotatable bonds is 4. The molecule has 0 unspecified atom stereocenters. The van der Waals surface area contributed by atoms with Crippen LogP contribution in [0.3, 0.4) is 0 Å². The molecular formula is C21H17N3O3S2. The summed E-state index contributed by atoms with van der Waals surface area (Å²) in [5.41, 5.74) is 8.35. The van der Waals surface area contributed by atoms with E-state index in [0.717, 1.165) is 26.9 Å². The van der Waals surface area contributed by atoms with E-state index in [9.17, 15) is 14.4 Å². The molecule has 1 aliphatic rings. The fourth-order valence-electron chi connectivity index (χ4n) is 3.77. The molecule has 0 aliphatic carbocycles. The van der Waals surface area contributed by atoms with Gasteiger partial charge in [-0.05, 0) is 40.6 Å². The molecule has 1 aliphatic heterocycles. The molecule has 1 amide bonds. The van der Waals surface area contributed by atoms with Crippen LogP contribution >= 0.6 is 22.7 Å². The van der Waals surface area contributed by atoms with Crippen molar-refractivity contribution in [3.63, 3.8) is 0 Å². The van der Waals surface area contributed by atoms with Crippen LogP contribution in [0.1, 0.15) is 26.4 Å². The highest BCUT2D eigenvalue weighted by Crippen LogP contribution is 2.30. The van der Waals surface area contributed by atoms with Gasteiger partial charge in [-0.3, -0.25) is 14.4 Å². The van der Waals surface area contributed by atoms with Crippen molar-refractivity contribution in [3.8, 4) is 0 Å². The molecule has 146 valence electrons. The highest BCUT2D eigenvalue weighted by Gasteiger charge is 2.26. The lowest BCUT2D eigenvalue weighted by molar-refractivity contribution is 0.0955. The molecule has 0 saturated carbocycles. The van der Waals surface area contributed by atoms with Gasteiger partial charge in [0.1, 0.15) is 11.4 Å². The van der Waals surface area contributed by atoms with Crippen LogP contribution in [-0.2, 0) is 19.5 Å². The number of nitrogens with one attached hydrogen (secondary N) is 1. The van der Waals surface area contributed by atoms with Gasteiger partial charge >= 0.3 is 0 Å². The van der Waals surface area contributed by atoms with Gasteiger partial charge in [-0.25, -0.2) is 0 Å². The minimum Gasteiger partial charge on any atom is -0.394 e. The molecule has 4 aromatic rings. The Balaban J connectivity index is 1.30. The smallest absolute Gasteiger partial charge is 0.261 e. The fraction of sp³-hybridized carbons (Fsp3) is 0.190. The summed E-state index contributed by atoms with van der Waals surface area (Å²) in [4.78, 5) is 38.3. The summed E-state index contributed by atoms with van der Waals surface area (Å²) in [5, 5.41) is 5.01. The third-order valence-electron chi connectivity index (χ3n) is 5.34. The standard InChI is InChI=1S/C21H17N3O3S2/c22-17-18(20(26)19(17)25)24-5-3-12-2-1-11(7-13(12)10-24)9-23-21(27)16-8-15-14(29-16)4-6-28-15/h1-2,4,6-8H,3,5,9-10,22H2,(H,23,27). The Morgan fingerprint density at radius 3 is 2.76 bits per heavy atom. The van der Waals surface area contributed by atoms with Crippen molar-refractivity contribution in [1.29, 1.82) is 0 Å². The number of carbonyl (C=O) groups is 1. The van der Waals surface area contributed by atoms with Crippen molar-refractivity contribution in [3.05, 3.63) is 77.7 Å². The predicted molar refractivity (Wildman–Crippen MR) is 118 cm³/mol. The van der Waals surface area contributed by atoms with Crippen LogP contribution in [0.4, 0.5) is 11.4 Å². The average molecular weight is 424 g/mol. The molecule has 29 heavy (non-hydrogen) atoms. The number of thiophene rings is 2. The Morgan fingerprint density at radius 2 is 1.97 bits per heavy atom. The fourth-order valence-corrected chi connectivity index (χ4v) is 5.79. The highest BCUT2D eigenvalue weighted by atomic mass is 32.1. The van der Waals surface area contributed by atoms with Crippen molar-refractivity contribution < 1.29 is 4.79 Å². The quantitative estimate of drug-likeness (QED) is 0.492. The molecule has 2 aromatic carbocycles. The molecule has 0 bridgehead atoms. The van der Waals surface area contributed by atoms with Gasteiger partial charge in [0.15, 0.2) is 0 Å². The Labute approximate surface area is 173 Å². The predicted octanol–water partition coefficient (Wildman–Crippen LogP) is 2.63. The maximum Gasteiger partial charge on any atom is 0.261 e. The Bertz CT molecular complexity index is 1300. The lowest BCUT2D eigenvalue weighted by atomic mass is 9.96. The van der Waals surface area contributed by atoms with Crippen molar-refractivity contribution >= 4 is 49.4 Å². The van der Waals surface area contributed by atoms with Gasteiger partial charge in [-0.15, -0.1) is 22.7 Å². The van der Waals surface area contributed by atoms with E-state index in [1.807, 2.05) is 28.5 Å². The molecule has 0 radical (unpaired) electrons. The molecule has 0 saturated heterocycles. The normalized spacial score (nSPS) is 13.7. The Kier molecular flexibility index (Phi) is 4.25. The second-order valence-corrected chi connectivity index (χ2v) is 9.17. The van der Waals surface area contributed by atoms with Gasteiger partial charge in [0, 0.05) is 29.0 Å². The van der Waals surface area contributed by atoms with Crippen LogP contribution in [0.15, 0.2) is 45.3 Å². The molecule has 3 heterocycles. The van der Waals surface area contributed by atoms with E-state index in [4.69, 9.17) is 5.73 Å². The second-order valence-electron chi connectivity index (χ2n) is 7.14. The molecule has 2 aromatic heterocycles. The van der Waals surface area contributed by atoms with E-state index in [0.29, 0.717) is 30.2 Å². The van der Waals surface area contributed by atoms with Crippen LogP contribution in [-0.4, -0.2) is 12.5 Å². The van der Waals surface area contributed by atoms with Crippen molar-refractivity contribution in [2.24, 2.45) is 0 Å². The highest BCUT2D eigenvalue weighted by molar-refractivity contribution is 7.27. The maximum atomic E-state index is 12.5. The molecule has 3 N–H and O–H groups in total. The number of nitrogens with two attached hydrogens (primary N) is 1. The van der Waals surface area contributed by atoms with E-state index in [1.54, 1.807) is 11.3 Å². The average Bonchev–Trinajstić information content (AvgIpc) is 3.34. The first kappa shape index (κ1) is 18.1. The first-order valence-electron chi connectivity index (χ1n) is 9.21. The van der Waals surface area contributed by atoms with E-state index >= 15 is 0 Å². The van der Waals surface area contributed by atoms with Gasteiger partial charge in [0.25, 0.3) is 16.8 Å². The van der Waals surface area contributed by atoms with Crippen LogP contribution < -0.4 is 26.8 Å². The number of amides is 1. The molecular weight excluding hydrogens is 406 g/mol. The van der Waals surface area contributed by atoms with Crippen LogP contribution in [0, 0.1) is 0 Å². The van der Waals surface area contributed by atoms with Crippen molar-refractivity contribution in [2.45, 2.75) is 19.5 Å². The van der Waals surface area contributed by atoms with E-state index < -0.39 is 10.9 Å². The molecule has 0 atom stereocenters. The van der Waals surface area contributed by atoms with E-state index in [1.165, 1.54) is 16.9 Å². The minimum absolute atomic E-state index is 0.0673. The van der Waals surface area contributed by atoms with Gasteiger partial charge in [0.2, 0.25) is 0 Å². The van der Waals surface area contributed by atoms with Gasteiger partial charge in [0.05, 0.1) is 4.88 Å². The number of nitrogen functional groups attached to an aromatic ring is 1. The van der Waals surface area contributed by atoms with Gasteiger partial charge in [-0.1, -0.05) is 18.2 Å². The number of carbonyl (C=O) groups excluding carboxylic acids is 1. The van der Waals surface area contributed by atoms with E-state index in [2.05, 4.69) is 17.4 Å². The zero-order chi connectivity index (χ0) is 20.1. The number of anilines is 2.